The van der Waals surface area contributed by atoms with Crippen LogP contribution in [0, 0.1) is 0 Å². The van der Waals surface area contributed by atoms with Crippen LogP contribution in [0.3, 0.4) is 0 Å². The smallest absolute Gasteiger partial charge is 0.288 e. The van der Waals surface area contributed by atoms with E-state index in [1.54, 1.807) is 6.07 Å². The van der Waals surface area contributed by atoms with Gasteiger partial charge in [-0.15, -0.1) is 0 Å². The van der Waals surface area contributed by atoms with Crippen molar-refractivity contribution in [3.63, 3.8) is 0 Å². The van der Waals surface area contributed by atoms with E-state index in [0.29, 0.717) is 27.5 Å². The average molecular weight is 312 g/mol. The Labute approximate surface area is 132 Å². The molecule has 3 aromatic carbocycles. The normalized spacial score (nSPS) is 12.5. The average Bonchev–Trinajstić information content (AvgIpc) is 3.29. The van der Waals surface area contributed by atoms with Gasteiger partial charge in [0.25, 0.3) is 0 Å². The Morgan fingerprint density at radius 3 is 2.50 bits per heavy atom. The molecule has 0 radical (unpaired) electrons. The first-order chi connectivity index (χ1) is 11.8. The van der Waals surface area contributed by atoms with Gasteiger partial charge in [-0.2, -0.15) is 9.61 Å². The number of rotatable bonds is 0. The maximum absolute atomic E-state index is 12.8. The minimum Gasteiger partial charge on any atom is -0.288 e. The topological polar surface area (TPSA) is 68.7 Å². The summed E-state index contributed by atoms with van der Waals surface area (Å²) in [5.74, 6) is 0. The second kappa shape index (κ2) is 3.68. The minimum absolute atomic E-state index is 0.102. The monoisotopic (exact) mass is 312 g/mol. The van der Waals surface area contributed by atoms with Crippen LogP contribution >= 0.6 is 0 Å². The highest BCUT2D eigenvalue weighted by Gasteiger charge is 2.24. The number of hydrogen-bond acceptors (Lipinski definition) is 4. The Balaban J connectivity index is 2.02. The third kappa shape index (κ3) is 1.13. The minimum atomic E-state index is -0.298. The maximum atomic E-state index is 12.8. The van der Waals surface area contributed by atoms with Crippen molar-refractivity contribution in [2.75, 3.05) is 0 Å². The molecule has 0 bridgehead atoms. The van der Waals surface area contributed by atoms with Crippen molar-refractivity contribution in [3.8, 4) is 0 Å². The van der Waals surface area contributed by atoms with Gasteiger partial charge in [-0.3, -0.25) is 4.79 Å². The van der Waals surface area contributed by atoms with Crippen molar-refractivity contribution in [2.24, 2.45) is 0 Å². The highest BCUT2D eigenvalue weighted by Crippen LogP contribution is 2.29. The first-order valence-corrected chi connectivity index (χ1v) is 7.55. The third-order valence-electron chi connectivity index (χ3n) is 4.68. The summed E-state index contributed by atoms with van der Waals surface area (Å²) in [5.41, 5.74) is 2.59. The molecule has 0 spiro atoms. The maximum Gasteiger partial charge on any atom is 0.355 e. The second-order valence-electron chi connectivity index (χ2n) is 5.90. The Morgan fingerprint density at radius 2 is 1.62 bits per heavy atom. The van der Waals surface area contributed by atoms with Crippen LogP contribution in [0.2, 0.25) is 0 Å². The van der Waals surface area contributed by atoms with Gasteiger partial charge >= 0.3 is 5.69 Å². The first kappa shape index (κ1) is 12.0. The molecule has 0 aliphatic carbocycles. The number of nitrogens with zero attached hydrogens (tertiary/aromatic N) is 4. The molecule has 3 aromatic heterocycles. The van der Waals surface area contributed by atoms with Crippen molar-refractivity contribution in [3.05, 3.63) is 69.2 Å². The van der Waals surface area contributed by atoms with E-state index >= 15 is 0 Å². The van der Waals surface area contributed by atoms with Gasteiger partial charge in [0.15, 0.2) is 11.1 Å². The third-order valence-corrected chi connectivity index (χ3v) is 4.68. The van der Waals surface area contributed by atoms with E-state index in [2.05, 4.69) is 10.1 Å². The highest BCUT2D eigenvalue weighted by molar-refractivity contribution is 6.17. The first-order valence-electron chi connectivity index (χ1n) is 7.55. The van der Waals surface area contributed by atoms with E-state index in [1.165, 1.54) is 8.92 Å². The summed E-state index contributed by atoms with van der Waals surface area (Å²) in [4.78, 5) is 30.2. The van der Waals surface area contributed by atoms with E-state index < -0.39 is 0 Å². The zero-order valence-corrected chi connectivity index (χ0v) is 12.2. The lowest BCUT2D eigenvalue weighted by Crippen LogP contribution is -2.14. The number of fused-ring (bicyclic) bond motifs is 9. The summed E-state index contributed by atoms with van der Waals surface area (Å²) < 4.78 is 2.82. The zero-order chi connectivity index (χ0) is 16.0. The van der Waals surface area contributed by atoms with Crippen LogP contribution in [-0.4, -0.2) is 19.0 Å². The van der Waals surface area contributed by atoms with Gasteiger partial charge in [0, 0.05) is 10.8 Å². The molecule has 6 heteroatoms. The summed E-state index contributed by atoms with van der Waals surface area (Å²) in [5, 5.41) is 6.29. The SMILES string of the molecule is O=c1c2ccccc2c2nn3c(=O)n4c5ccccc5nc4c3c12. The van der Waals surface area contributed by atoms with Crippen LogP contribution < -0.4 is 11.1 Å². The van der Waals surface area contributed by atoms with E-state index in [9.17, 15) is 9.59 Å². The molecular weight excluding hydrogens is 304 g/mol. The molecule has 112 valence electrons. The van der Waals surface area contributed by atoms with E-state index in [-0.39, 0.29) is 11.1 Å². The highest BCUT2D eigenvalue weighted by atomic mass is 16.2. The lowest BCUT2D eigenvalue weighted by atomic mass is 10.2. The number of benzene rings is 2. The zero-order valence-electron chi connectivity index (χ0n) is 12.2. The number of para-hydroxylation sites is 2. The molecular formula is C18H8N4O2. The fourth-order valence-corrected chi connectivity index (χ4v) is 3.66. The van der Waals surface area contributed by atoms with Gasteiger partial charge in [-0.25, -0.2) is 14.2 Å². The fourth-order valence-electron chi connectivity index (χ4n) is 3.66. The molecule has 0 atom stereocenters. The molecule has 0 saturated carbocycles. The van der Waals surface area contributed by atoms with Crippen molar-refractivity contribution >= 4 is 43.9 Å². The van der Waals surface area contributed by atoms with Crippen LogP contribution in [-0.2, 0) is 0 Å². The molecule has 6 aromatic rings. The van der Waals surface area contributed by atoms with E-state index in [0.717, 1.165) is 16.4 Å². The molecule has 0 aliphatic heterocycles. The molecule has 6 nitrogen and oxygen atoms in total. The summed E-state index contributed by atoms with van der Waals surface area (Å²) in [6, 6.07) is 14.8. The van der Waals surface area contributed by atoms with Crippen LogP contribution in [0.4, 0.5) is 0 Å². The standard InChI is InChI=1S/C18H8N4O2/c23-16-10-6-2-1-5-9(10)14-13(16)15-17-19-11-7-3-4-8-12(11)21(17)18(24)22(15)20-14/h1-8H. The predicted octanol–water partition coefficient (Wildman–Crippen LogP) is 2.04. The number of imidazole rings is 2. The summed E-state index contributed by atoms with van der Waals surface area (Å²) in [6.07, 6.45) is 0. The van der Waals surface area contributed by atoms with Gasteiger partial charge in [-0.1, -0.05) is 36.4 Å². The van der Waals surface area contributed by atoms with E-state index in [4.69, 9.17) is 0 Å². The van der Waals surface area contributed by atoms with Gasteiger partial charge in [-0.05, 0) is 12.1 Å². The molecule has 0 N–H and O–H groups in total. The molecule has 0 amide bonds. The van der Waals surface area contributed by atoms with Crippen molar-refractivity contribution in [1.82, 2.24) is 19.0 Å². The summed E-state index contributed by atoms with van der Waals surface area (Å²) in [7, 11) is 0. The number of hydrogen-bond donors (Lipinski definition) is 0. The Kier molecular flexibility index (Phi) is 1.83. The molecule has 3 heterocycles. The Bertz CT molecular complexity index is 1540. The molecule has 6 rings (SSSR count). The molecule has 0 fully saturated rings. The quantitative estimate of drug-likeness (QED) is 0.430. The van der Waals surface area contributed by atoms with Gasteiger partial charge in [0.1, 0.15) is 11.0 Å². The van der Waals surface area contributed by atoms with Crippen LogP contribution in [0.25, 0.3) is 43.9 Å². The Morgan fingerprint density at radius 1 is 0.875 bits per heavy atom. The largest absolute Gasteiger partial charge is 0.355 e. The van der Waals surface area contributed by atoms with Crippen molar-refractivity contribution in [1.29, 1.82) is 0 Å². The summed E-state index contributed by atoms with van der Waals surface area (Å²) >= 11 is 0. The van der Waals surface area contributed by atoms with Crippen LogP contribution in [0.15, 0.2) is 58.1 Å². The second-order valence-corrected chi connectivity index (χ2v) is 5.90. The molecule has 0 saturated heterocycles. The van der Waals surface area contributed by atoms with Crippen LogP contribution in [0.1, 0.15) is 0 Å². The predicted molar refractivity (Wildman–Crippen MR) is 91.4 cm³/mol. The lowest BCUT2D eigenvalue weighted by molar-refractivity contribution is 0.904. The van der Waals surface area contributed by atoms with Gasteiger partial charge in [0.2, 0.25) is 0 Å². The lowest BCUT2D eigenvalue weighted by Gasteiger charge is -1.88. The van der Waals surface area contributed by atoms with E-state index in [1.807, 2.05) is 42.5 Å². The van der Waals surface area contributed by atoms with Crippen molar-refractivity contribution in [2.45, 2.75) is 0 Å². The van der Waals surface area contributed by atoms with Gasteiger partial charge < -0.3 is 0 Å². The van der Waals surface area contributed by atoms with Crippen molar-refractivity contribution < 1.29 is 0 Å². The van der Waals surface area contributed by atoms with Gasteiger partial charge in [0.05, 0.1) is 16.4 Å². The molecule has 24 heavy (non-hydrogen) atoms. The van der Waals surface area contributed by atoms with Crippen LogP contribution in [0.5, 0.6) is 0 Å². The number of aromatic nitrogens is 4. The fraction of sp³-hybridized carbons (Fsp3) is 0. The Hall–Kier alpha value is -3.54. The summed E-state index contributed by atoms with van der Waals surface area (Å²) in [6.45, 7) is 0. The molecule has 0 aliphatic rings. The molecule has 0 unspecified atom stereocenters.